The average molecular weight is 439 g/mol. The van der Waals surface area contributed by atoms with Gasteiger partial charge in [0.2, 0.25) is 0 Å². The van der Waals surface area contributed by atoms with E-state index in [1.165, 1.54) is 43.6 Å². The van der Waals surface area contributed by atoms with E-state index in [2.05, 4.69) is 34.5 Å². The molecule has 5 rings (SSSR count). The van der Waals surface area contributed by atoms with Crippen molar-refractivity contribution in [1.29, 1.82) is 0 Å². The van der Waals surface area contributed by atoms with Crippen LogP contribution in [0.15, 0.2) is 48.5 Å². The van der Waals surface area contributed by atoms with Crippen molar-refractivity contribution in [3.8, 4) is 11.5 Å². The van der Waals surface area contributed by atoms with Crippen molar-refractivity contribution < 1.29 is 9.47 Å². The van der Waals surface area contributed by atoms with Crippen molar-refractivity contribution in [3.05, 3.63) is 59.7 Å². The molecule has 0 spiro atoms. The lowest BCUT2D eigenvalue weighted by Gasteiger charge is -2.45. The third kappa shape index (κ3) is 6.02. The van der Waals surface area contributed by atoms with Crippen molar-refractivity contribution in [2.45, 2.75) is 39.0 Å². The number of hydrogen-bond donors (Lipinski definition) is 1. The predicted molar refractivity (Wildman–Crippen MR) is 123 cm³/mol. The first-order valence-corrected chi connectivity index (χ1v) is 10.2. The molecule has 160 valence electrons. The first-order valence-electron chi connectivity index (χ1n) is 10.2. The molecule has 4 nitrogen and oxygen atoms in total. The Hall–Kier alpha value is -1.46. The third-order valence-corrected chi connectivity index (χ3v) is 5.80. The highest BCUT2D eigenvalue weighted by molar-refractivity contribution is 5.85. The molecule has 3 saturated heterocycles. The van der Waals surface area contributed by atoms with E-state index in [4.69, 9.17) is 9.47 Å². The van der Waals surface area contributed by atoms with Gasteiger partial charge < -0.3 is 19.7 Å². The predicted octanol–water partition coefficient (Wildman–Crippen LogP) is 4.69. The third-order valence-electron chi connectivity index (χ3n) is 5.80. The minimum Gasteiger partial charge on any atom is -0.490 e. The Morgan fingerprint density at radius 3 is 2.38 bits per heavy atom. The van der Waals surface area contributed by atoms with Crippen LogP contribution >= 0.6 is 24.8 Å². The highest BCUT2D eigenvalue weighted by atomic mass is 35.5. The minimum absolute atomic E-state index is 0. The van der Waals surface area contributed by atoms with Crippen LogP contribution in [0.3, 0.4) is 0 Å². The van der Waals surface area contributed by atoms with E-state index >= 15 is 0 Å². The van der Waals surface area contributed by atoms with Crippen molar-refractivity contribution in [2.75, 3.05) is 26.2 Å². The van der Waals surface area contributed by atoms with Crippen LogP contribution in [0.25, 0.3) is 0 Å². The van der Waals surface area contributed by atoms with Gasteiger partial charge in [0.15, 0.2) is 11.5 Å². The van der Waals surface area contributed by atoms with E-state index in [-0.39, 0.29) is 24.8 Å². The minimum atomic E-state index is 0. The second-order valence-corrected chi connectivity index (χ2v) is 7.58. The number of benzene rings is 2. The van der Waals surface area contributed by atoms with Crippen LogP contribution in [0, 0.1) is 5.92 Å². The molecule has 3 aliphatic rings. The Kier molecular flexibility index (Phi) is 9.57. The Morgan fingerprint density at radius 1 is 0.966 bits per heavy atom. The van der Waals surface area contributed by atoms with Crippen LogP contribution in [-0.4, -0.2) is 37.2 Å². The topological polar surface area (TPSA) is 33.7 Å². The lowest BCUT2D eigenvalue weighted by molar-refractivity contribution is 0.0718. The molecule has 0 radical (unpaired) electrons. The van der Waals surface area contributed by atoms with Crippen LogP contribution in [0.1, 0.15) is 30.9 Å². The molecule has 0 aliphatic carbocycles. The number of nitrogens with zero attached hydrogens (tertiary/aromatic N) is 1. The van der Waals surface area contributed by atoms with E-state index in [9.17, 15) is 0 Å². The molecular weight excluding hydrogens is 407 g/mol. The molecule has 3 fully saturated rings. The lowest BCUT2D eigenvalue weighted by Crippen LogP contribution is -2.55. The molecule has 0 amide bonds. The summed E-state index contributed by atoms with van der Waals surface area (Å²) in [6.45, 7) is 7.74. The molecule has 1 atom stereocenters. The zero-order valence-electron chi connectivity index (χ0n) is 17.0. The summed E-state index contributed by atoms with van der Waals surface area (Å²) in [7, 11) is 0. The van der Waals surface area contributed by atoms with Gasteiger partial charge in [0.1, 0.15) is 6.61 Å². The Balaban J connectivity index is 0.00000150. The number of nitrogens with one attached hydrogen (secondary N) is 1. The highest BCUT2D eigenvalue weighted by Crippen LogP contribution is 2.33. The summed E-state index contributed by atoms with van der Waals surface area (Å²) in [6.07, 6.45) is 2.65. The number of rotatable bonds is 8. The van der Waals surface area contributed by atoms with E-state index < -0.39 is 0 Å². The van der Waals surface area contributed by atoms with Crippen LogP contribution in [0.2, 0.25) is 0 Å². The summed E-state index contributed by atoms with van der Waals surface area (Å²) in [5, 5.41) is 3.80. The van der Waals surface area contributed by atoms with Gasteiger partial charge in [-0.15, -0.1) is 24.8 Å². The maximum absolute atomic E-state index is 6.23. The molecule has 0 saturated carbocycles. The van der Waals surface area contributed by atoms with E-state index in [0.717, 1.165) is 24.0 Å². The monoisotopic (exact) mass is 438 g/mol. The van der Waals surface area contributed by atoms with Gasteiger partial charge in [0.05, 0.1) is 6.61 Å². The average Bonchev–Trinajstić information content (AvgIpc) is 2.73. The molecule has 1 N–H and O–H groups in total. The van der Waals surface area contributed by atoms with Crippen molar-refractivity contribution in [1.82, 2.24) is 10.2 Å². The molecule has 2 bridgehead atoms. The van der Waals surface area contributed by atoms with Gasteiger partial charge in [-0.05, 0) is 50.4 Å². The number of hydrogen-bond acceptors (Lipinski definition) is 4. The van der Waals surface area contributed by atoms with Crippen LogP contribution < -0.4 is 14.8 Å². The summed E-state index contributed by atoms with van der Waals surface area (Å²) >= 11 is 0. The number of ether oxygens (including phenoxy) is 2. The van der Waals surface area contributed by atoms with Crippen LogP contribution in [0.4, 0.5) is 0 Å². The Labute approximate surface area is 186 Å². The van der Waals surface area contributed by atoms with Gasteiger partial charge in [-0.25, -0.2) is 0 Å². The largest absolute Gasteiger partial charge is 0.490 e. The van der Waals surface area contributed by atoms with Gasteiger partial charge in [-0.1, -0.05) is 42.5 Å². The molecule has 2 aromatic rings. The Morgan fingerprint density at radius 2 is 1.72 bits per heavy atom. The standard InChI is InChI=1S/C23H30N2O2.2ClH/c1-2-26-22-10-6-9-20(23(22)27-17-18-7-4-3-5-8-18)15-24-21-16-25-13-11-19(21)12-14-25;;/h3-10,19,21,24H,2,11-17H2,1H3;2*1H. The number of para-hydroxylation sites is 1. The molecule has 2 aromatic carbocycles. The molecule has 0 aromatic heterocycles. The van der Waals surface area contributed by atoms with E-state index in [1.807, 2.05) is 31.2 Å². The lowest BCUT2D eigenvalue weighted by atomic mass is 9.84. The van der Waals surface area contributed by atoms with Crippen molar-refractivity contribution >= 4 is 24.8 Å². The highest BCUT2D eigenvalue weighted by Gasteiger charge is 2.33. The molecular formula is C23H32Cl2N2O2. The fourth-order valence-corrected chi connectivity index (χ4v) is 4.30. The zero-order chi connectivity index (χ0) is 18.5. The van der Waals surface area contributed by atoms with Crippen LogP contribution in [-0.2, 0) is 13.2 Å². The zero-order valence-corrected chi connectivity index (χ0v) is 18.6. The normalized spacial score (nSPS) is 22.3. The van der Waals surface area contributed by atoms with E-state index in [1.54, 1.807) is 0 Å². The van der Waals surface area contributed by atoms with Gasteiger partial charge in [0, 0.05) is 24.7 Å². The SMILES string of the molecule is CCOc1cccc(CNC2CN3CCC2CC3)c1OCc1ccccc1.Cl.Cl. The van der Waals surface area contributed by atoms with Gasteiger partial charge in [0.25, 0.3) is 0 Å². The Bertz CT molecular complexity index is 737. The quantitative estimate of drug-likeness (QED) is 0.647. The smallest absolute Gasteiger partial charge is 0.166 e. The van der Waals surface area contributed by atoms with Gasteiger partial charge >= 0.3 is 0 Å². The maximum atomic E-state index is 6.23. The van der Waals surface area contributed by atoms with Crippen molar-refractivity contribution in [3.63, 3.8) is 0 Å². The summed E-state index contributed by atoms with van der Waals surface area (Å²) in [5.41, 5.74) is 2.34. The summed E-state index contributed by atoms with van der Waals surface area (Å²) in [4.78, 5) is 2.58. The molecule has 1 unspecified atom stereocenters. The second kappa shape index (κ2) is 11.7. The number of fused-ring (bicyclic) bond motifs is 3. The fourth-order valence-electron chi connectivity index (χ4n) is 4.30. The maximum Gasteiger partial charge on any atom is 0.166 e. The second-order valence-electron chi connectivity index (χ2n) is 7.58. The van der Waals surface area contributed by atoms with Crippen molar-refractivity contribution in [2.24, 2.45) is 5.92 Å². The first-order chi connectivity index (χ1) is 13.3. The molecule has 6 heteroatoms. The van der Waals surface area contributed by atoms with Gasteiger partial charge in [-0.2, -0.15) is 0 Å². The summed E-state index contributed by atoms with van der Waals surface area (Å²) in [5.74, 6) is 2.53. The van der Waals surface area contributed by atoms with Crippen LogP contribution in [0.5, 0.6) is 11.5 Å². The summed E-state index contributed by atoms with van der Waals surface area (Å²) < 4.78 is 12.1. The first kappa shape index (κ1) is 23.8. The molecule has 3 aliphatic heterocycles. The molecule has 29 heavy (non-hydrogen) atoms. The summed E-state index contributed by atoms with van der Waals surface area (Å²) in [6, 6.07) is 17.1. The van der Waals surface area contributed by atoms with E-state index in [0.29, 0.717) is 19.3 Å². The van der Waals surface area contributed by atoms with Gasteiger partial charge in [-0.3, -0.25) is 0 Å². The number of piperidine rings is 3. The molecule has 3 heterocycles. The fraction of sp³-hybridized carbons (Fsp3) is 0.478. The number of halogens is 2.